The monoisotopic (exact) mass is 303 g/mol. The molecule has 19 heavy (non-hydrogen) atoms. The van der Waals surface area contributed by atoms with Crippen LogP contribution in [0.4, 0.5) is 0 Å². The molecule has 4 heteroatoms. The van der Waals surface area contributed by atoms with Crippen LogP contribution in [0.2, 0.25) is 5.02 Å². The van der Waals surface area contributed by atoms with Crippen molar-refractivity contribution < 1.29 is 4.74 Å². The molecule has 1 aliphatic rings. The minimum Gasteiger partial charge on any atom is -0.493 e. The van der Waals surface area contributed by atoms with Gasteiger partial charge < -0.3 is 4.74 Å². The van der Waals surface area contributed by atoms with Crippen molar-refractivity contribution in [3.63, 3.8) is 0 Å². The van der Waals surface area contributed by atoms with Crippen LogP contribution in [0.3, 0.4) is 0 Å². The number of ether oxygens (including phenoxy) is 1. The molecule has 0 saturated carbocycles. The number of rotatable bonds is 5. The fraction of sp³-hybridized carbons (Fsp3) is 0.600. The number of benzene rings is 1. The Morgan fingerprint density at radius 3 is 2.63 bits per heavy atom. The highest BCUT2D eigenvalue weighted by Crippen LogP contribution is 2.25. The second-order valence-electron chi connectivity index (χ2n) is 4.94. The minimum atomic E-state index is 0. The van der Waals surface area contributed by atoms with Crippen molar-refractivity contribution >= 4 is 24.0 Å². The maximum atomic E-state index is 6.09. The molecule has 0 aliphatic carbocycles. The first-order chi connectivity index (χ1) is 8.79. The lowest BCUT2D eigenvalue weighted by atomic mass is 10.1. The lowest BCUT2D eigenvalue weighted by molar-refractivity contribution is 0.216. The number of piperidine rings is 1. The van der Waals surface area contributed by atoms with Crippen LogP contribution in [0, 0.1) is 0 Å². The van der Waals surface area contributed by atoms with E-state index < -0.39 is 0 Å². The topological polar surface area (TPSA) is 12.5 Å². The normalized spacial score (nSPS) is 15.9. The fourth-order valence-electron chi connectivity index (χ4n) is 2.38. The molecule has 1 heterocycles. The van der Waals surface area contributed by atoms with Gasteiger partial charge in [0.15, 0.2) is 0 Å². The maximum absolute atomic E-state index is 6.09. The standard InChI is InChI=1S/C15H22ClNO.ClH/c1-2-10-18-15-7-6-14(16)11-13(15)12-17-8-4-3-5-9-17;/h6-7,11H,2-5,8-10,12H2,1H3;1H. The third kappa shape index (κ3) is 5.21. The van der Waals surface area contributed by atoms with Crippen LogP contribution >= 0.6 is 24.0 Å². The Morgan fingerprint density at radius 2 is 1.95 bits per heavy atom. The molecule has 0 aromatic heterocycles. The molecule has 2 nitrogen and oxygen atoms in total. The van der Waals surface area contributed by atoms with Gasteiger partial charge >= 0.3 is 0 Å². The van der Waals surface area contributed by atoms with Gasteiger partial charge in [-0.15, -0.1) is 12.4 Å². The molecule has 0 unspecified atom stereocenters. The van der Waals surface area contributed by atoms with Crippen molar-refractivity contribution in [3.05, 3.63) is 28.8 Å². The van der Waals surface area contributed by atoms with E-state index in [0.717, 1.165) is 30.3 Å². The fourth-order valence-corrected chi connectivity index (χ4v) is 2.58. The zero-order chi connectivity index (χ0) is 12.8. The van der Waals surface area contributed by atoms with Crippen LogP contribution in [0.25, 0.3) is 0 Å². The lowest BCUT2D eigenvalue weighted by Gasteiger charge is -2.27. The molecule has 0 bridgehead atoms. The van der Waals surface area contributed by atoms with Crippen LogP contribution in [0.15, 0.2) is 18.2 Å². The number of nitrogens with zero attached hydrogens (tertiary/aromatic N) is 1. The number of hydrogen-bond acceptors (Lipinski definition) is 2. The summed E-state index contributed by atoms with van der Waals surface area (Å²) in [4.78, 5) is 2.49. The van der Waals surface area contributed by atoms with Gasteiger partial charge in [0.25, 0.3) is 0 Å². The van der Waals surface area contributed by atoms with E-state index in [1.54, 1.807) is 0 Å². The third-order valence-electron chi connectivity index (χ3n) is 3.33. The van der Waals surface area contributed by atoms with E-state index in [9.17, 15) is 0 Å². The Morgan fingerprint density at radius 1 is 1.21 bits per heavy atom. The average Bonchev–Trinajstić information content (AvgIpc) is 2.39. The molecule has 1 aromatic carbocycles. The van der Waals surface area contributed by atoms with Crippen molar-refractivity contribution in [2.75, 3.05) is 19.7 Å². The average molecular weight is 304 g/mol. The zero-order valence-corrected chi connectivity index (χ0v) is 13.1. The molecule has 1 aromatic rings. The van der Waals surface area contributed by atoms with E-state index in [1.807, 2.05) is 18.2 Å². The molecule has 0 radical (unpaired) electrons. The van der Waals surface area contributed by atoms with Crippen molar-refractivity contribution in [1.82, 2.24) is 4.90 Å². The maximum Gasteiger partial charge on any atom is 0.123 e. The first-order valence-electron chi connectivity index (χ1n) is 6.93. The van der Waals surface area contributed by atoms with Crippen molar-refractivity contribution in [2.45, 2.75) is 39.2 Å². The second kappa shape index (κ2) is 8.68. The molecule has 2 rings (SSSR count). The molecule has 0 atom stereocenters. The summed E-state index contributed by atoms with van der Waals surface area (Å²) in [6.45, 7) is 6.24. The van der Waals surface area contributed by atoms with E-state index in [4.69, 9.17) is 16.3 Å². The van der Waals surface area contributed by atoms with Gasteiger partial charge in [-0.25, -0.2) is 0 Å². The second-order valence-corrected chi connectivity index (χ2v) is 5.37. The summed E-state index contributed by atoms with van der Waals surface area (Å²) in [6.07, 6.45) is 5.02. The summed E-state index contributed by atoms with van der Waals surface area (Å²) in [5.74, 6) is 0.992. The predicted molar refractivity (Wildman–Crippen MR) is 83.6 cm³/mol. The summed E-state index contributed by atoms with van der Waals surface area (Å²) < 4.78 is 5.80. The van der Waals surface area contributed by atoms with Gasteiger partial charge in [0.05, 0.1) is 6.61 Å². The molecule has 1 fully saturated rings. The smallest absolute Gasteiger partial charge is 0.123 e. The molecule has 0 amide bonds. The van der Waals surface area contributed by atoms with Gasteiger partial charge in [0, 0.05) is 17.1 Å². The SMILES string of the molecule is CCCOc1ccc(Cl)cc1CN1CCCCC1.Cl. The predicted octanol–water partition coefficient (Wildman–Crippen LogP) is 4.54. The van der Waals surface area contributed by atoms with E-state index in [2.05, 4.69) is 11.8 Å². The van der Waals surface area contributed by atoms with Crippen molar-refractivity contribution in [2.24, 2.45) is 0 Å². The Balaban J connectivity index is 0.00000180. The molecule has 0 spiro atoms. The van der Waals surface area contributed by atoms with Crippen LogP contribution in [-0.2, 0) is 6.54 Å². The quantitative estimate of drug-likeness (QED) is 0.792. The first-order valence-corrected chi connectivity index (χ1v) is 7.31. The summed E-state index contributed by atoms with van der Waals surface area (Å²) >= 11 is 6.09. The summed E-state index contributed by atoms with van der Waals surface area (Å²) in [5, 5.41) is 0.797. The number of hydrogen-bond donors (Lipinski definition) is 0. The molecule has 1 aliphatic heterocycles. The van der Waals surface area contributed by atoms with E-state index in [0.29, 0.717) is 0 Å². The molecule has 1 saturated heterocycles. The van der Waals surface area contributed by atoms with Crippen LogP contribution in [0.5, 0.6) is 5.75 Å². The van der Waals surface area contributed by atoms with Crippen molar-refractivity contribution in [1.29, 1.82) is 0 Å². The van der Waals surface area contributed by atoms with Gasteiger partial charge in [-0.3, -0.25) is 4.90 Å². The van der Waals surface area contributed by atoms with Crippen LogP contribution < -0.4 is 4.74 Å². The zero-order valence-electron chi connectivity index (χ0n) is 11.5. The molecule has 0 N–H and O–H groups in total. The highest BCUT2D eigenvalue weighted by atomic mass is 35.5. The Labute approximate surface area is 127 Å². The number of halogens is 2. The summed E-state index contributed by atoms with van der Waals surface area (Å²) in [7, 11) is 0. The van der Waals surface area contributed by atoms with Gasteiger partial charge in [-0.05, 0) is 50.6 Å². The highest BCUT2D eigenvalue weighted by Gasteiger charge is 2.13. The minimum absolute atomic E-state index is 0. The van der Waals surface area contributed by atoms with Gasteiger partial charge in [0.2, 0.25) is 0 Å². The van der Waals surface area contributed by atoms with E-state index in [1.165, 1.54) is 37.9 Å². The van der Waals surface area contributed by atoms with Gasteiger partial charge in [0.1, 0.15) is 5.75 Å². The third-order valence-corrected chi connectivity index (χ3v) is 3.56. The lowest BCUT2D eigenvalue weighted by Crippen LogP contribution is -2.29. The first kappa shape index (κ1) is 16.6. The van der Waals surface area contributed by atoms with E-state index >= 15 is 0 Å². The van der Waals surface area contributed by atoms with E-state index in [-0.39, 0.29) is 12.4 Å². The number of likely N-dealkylation sites (tertiary alicyclic amines) is 1. The van der Waals surface area contributed by atoms with Crippen LogP contribution in [0.1, 0.15) is 38.2 Å². The Kier molecular flexibility index (Phi) is 7.59. The summed E-state index contributed by atoms with van der Waals surface area (Å²) in [6, 6.07) is 5.95. The van der Waals surface area contributed by atoms with Crippen LogP contribution in [-0.4, -0.2) is 24.6 Å². The Bertz CT molecular complexity index is 378. The van der Waals surface area contributed by atoms with Gasteiger partial charge in [-0.2, -0.15) is 0 Å². The Hall–Kier alpha value is -0.440. The van der Waals surface area contributed by atoms with Gasteiger partial charge in [-0.1, -0.05) is 24.9 Å². The molecule has 108 valence electrons. The molecular weight excluding hydrogens is 281 g/mol. The highest BCUT2D eigenvalue weighted by molar-refractivity contribution is 6.30. The molecular formula is C15H23Cl2NO. The largest absolute Gasteiger partial charge is 0.493 e. The summed E-state index contributed by atoms with van der Waals surface area (Å²) in [5.41, 5.74) is 1.22. The van der Waals surface area contributed by atoms with Crippen molar-refractivity contribution in [3.8, 4) is 5.75 Å².